The molecule has 1 aromatic carbocycles. The van der Waals surface area contributed by atoms with E-state index in [-0.39, 0.29) is 12.3 Å². The molecule has 3 heteroatoms. The number of hydrogen-bond acceptors (Lipinski definition) is 2. The zero-order valence-corrected chi connectivity index (χ0v) is 12.1. The first-order chi connectivity index (χ1) is 9.66. The van der Waals surface area contributed by atoms with Gasteiger partial charge in [0.2, 0.25) is 0 Å². The molecule has 1 aliphatic carbocycles. The molecule has 1 saturated carbocycles. The maximum Gasteiger partial charge on any atom is 0.303 e. The number of anilines is 1. The third-order valence-electron chi connectivity index (χ3n) is 4.84. The quantitative estimate of drug-likeness (QED) is 0.911. The minimum absolute atomic E-state index is 0.0875. The largest absolute Gasteiger partial charge is 0.481 e. The van der Waals surface area contributed by atoms with E-state index >= 15 is 0 Å². The van der Waals surface area contributed by atoms with Crippen molar-refractivity contribution < 1.29 is 9.90 Å². The Balaban J connectivity index is 1.92. The Hall–Kier alpha value is -1.51. The van der Waals surface area contributed by atoms with Crippen LogP contribution in [0, 0.1) is 0 Å². The topological polar surface area (TPSA) is 40.5 Å². The number of nitrogens with zero attached hydrogens (tertiary/aromatic N) is 1. The van der Waals surface area contributed by atoms with E-state index in [1.54, 1.807) is 0 Å². The molecular formula is C17H23NO2. The molecule has 0 aromatic heterocycles. The highest BCUT2D eigenvalue weighted by Crippen LogP contribution is 2.40. The Morgan fingerprint density at radius 3 is 2.85 bits per heavy atom. The Bertz CT molecular complexity index is 506. The Kier molecular flexibility index (Phi) is 3.68. The molecule has 0 radical (unpaired) electrons. The number of para-hydroxylation sites is 1. The standard InChI is InChI=1S/C17H23NO2/c1-12(11-16(19)20)15-8-4-5-13-9-10-18(17(13)15)14-6-2-3-7-14/h4-5,8,12,14H,2-3,6-7,9-11H2,1H3,(H,19,20). The zero-order valence-electron chi connectivity index (χ0n) is 12.1. The maximum atomic E-state index is 11.0. The zero-order chi connectivity index (χ0) is 14.1. The van der Waals surface area contributed by atoms with E-state index in [0.717, 1.165) is 13.0 Å². The lowest BCUT2D eigenvalue weighted by Crippen LogP contribution is -2.32. The Morgan fingerprint density at radius 1 is 1.40 bits per heavy atom. The van der Waals surface area contributed by atoms with E-state index in [9.17, 15) is 4.79 Å². The van der Waals surface area contributed by atoms with Crippen molar-refractivity contribution in [2.24, 2.45) is 0 Å². The van der Waals surface area contributed by atoms with Crippen LogP contribution >= 0.6 is 0 Å². The normalized spacial score (nSPS) is 20.1. The molecule has 1 heterocycles. The molecule has 1 unspecified atom stereocenters. The lowest BCUT2D eigenvalue weighted by Gasteiger charge is -2.30. The van der Waals surface area contributed by atoms with Gasteiger partial charge in [-0.05, 0) is 36.3 Å². The molecule has 20 heavy (non-hydrogen) atoms. The first-order valence-electron chi connectivity index (χ1n) is 7.77. The summed E-state index contributed by atoms with van der Waals surface area (Å²) in [4.78, 5) is 13.6. The van der Waals surface area contributed by atoms with Crippen molar-refractivity contribution in [1.29, 1.82) is 0 Å². The highest BCUT2D eigenvalue weighted by molar-refractivity contribution is 5.71. The number of carboxylic acid groups (broad SMARTS) is 1. The molecule has 1 fully saturated rings. The van der Waals surface area contributed by atoms with Crippen molar-refractivity contribution >= 4 is 11.7 Å². The second-order valence-corrected chi connectivity index (χ2v) is 6.24. The average molecular weight is 273 g/mol. The summed E-state index contributed by atoms with van der Waals surface area (Å²) in [5.74, 6) is -0.620. The van der Waals surface area contributed by atoms with Crippen LogP contribution in [0.25, 0.3) is 0 Å². The minimum Gasteiger partial charge on any atom is -0.481 e. The van der Waals surface area contributed by atoms with Crippen LogP contribution < -0.4 is 4.90 Å². The highest BCUT2D eigenvalue weighted by Gasteiger charge is 2.31. The van der Waals surface area contributed by atoms with Gasteiger partial charge in [-0.15, -0.1) is 0 Å². The lowest BCUT2D eigenvalue weighted by atomic mass is 9.93. The Morgan fingerprint density at radius 2 is 2.15 bits per heavy atom. The molecule has 1 aromatic rings. The van der Waals surface area contributed by atoms with Gasteiger partial charge in [-0.25, -0.2) is 0 Å². The van der Waals surface area contributed by atoms with Gasteiger partial charge in [0.15, 0.2) is 0 Å². The summed E-state index contributed by atoms with van der Waals surface area (Å²) < 4.78 is 0. The number of aliphatic carboxylic acids is 1. The molecule has 0 saturated heterocycles. The van der Waals surface area contributed by atoms with E-state index < -0.39 is 5.97 Å². The van der Waals surface area contributed by atoms with Crippen LogP contribution in [0.15, 0.2) is 18.2 Å². The van der Waals surface area contributed by atoms with E-state index in [4.69, 9.17) is 5.11 Å². The molecule has 1 aliphatic heterocycles. The first kappa shape index (κ1) is 13.5. The van der Waals surface area contributed by atoms with Gasteiger partial charge in [0.05, 0.1) is 6.42 Å². The van der Waals surface area contributed by atoms with Crippen LogP contribution in [0.1, 0.15) is 56.1 Å². The molecule has 0 bridgehead atoms. The summed E-state index contributed by atoms with van der Waals surface area (Å²) in [6, 6.07) is 7.10. The van der Waals surface area contributed by atoms with Crippen LogP contribution in [-0.4, -0.2) is 23.7 Å². The summed E-state index contributed by atoms with van der Waals surface area (Å²) in [6.07, 6.45) is 6.59. The van der Waals surface area contributed by atoms with Gasteiger partial charge in [-0.1, -0.05) is 38.0 Å². The van der Waals surface area contributed by atoms with E-state index in [2.05, 4.69) is 23.1 Å². The molecule has 3 rings (SSSR count). The van der Waals surface area contributed by atoms with Gasteiger partial charge in [-0.2, -0.15) is 0 Å². The number of carboxylic acids is 1. The predicted octanol–water partition coefficient (Wildman–Crippen LogP) is 3.57. The second-order valence-electron chi connectivity index (χ2n) is 6.24. The molecule has 0 spiro atoms. The van der Waals surface area contributed by atoms with Crippen molar-refractivity contribution in [3.63, 3.8) is 0 Å². The van der Waals surface area contributed by atoms with E-state index in [1.165, 1.54) is 42.5 Å². The molecule has 3 nitrogen and oxygen atoms in total. The molecule has 0 amide bonds. The maximum absolute atomic E-state index is 11.0. The van der Waals surface area contributed by atoms with Crippen LogP contribution in [0.3, 0.4) is 0 Å². The van der Waals surface area contributed by atoms with Gasteiger partial charge in [-0.3, -0.25) is 4.79 Å². The summed E-state index contributed by atoms with van der Waals surface area (Å²) >= 11 is 0. The van der Waals surface area contributed by atoms with E-state index in [0.29, 0.717) is 6.04 Å². The summed E-state index contributed by atoms with van der Waals surface area (Å²) in [5, 5.41) is 9.06. The SMILES string of the molecule is CC(CC(=O)O)c1cccc2c1N(C1CCCC1)CC2. The van der Waals surface area contributed by atoms with Gasteiger partial charge >= 0.3 is 5.97 Å². The number of hydrogen-bond donors (Lipinski definition) is 1. The van der Waals surface area contributed by atoms with Crippen molar-refractivity contribution in [3.05, 3.63) is 29.3 Å². The predicted molar refractivity (Wildman–Crippen MR) is 80.4 cm³/mol. The number of fused-ring (bicyclic) bond motifs is 1. The van der Waals surface area contributed by atoms with Crippen LogP contribution in [0.4, 0.5) is 5.69 Å². The molecule has 2 aliphatic rings. The number of carbonyl (C=O) groups is 1. The monoisotopic (exact) mass is 273 g/mol. The van der Waals surface area contributed by atoms with Gasteiger partial charge < -0.3 is 10.0 Å². The van der Waals surface area contributed by atoms with Crippen molar-refractivity contribution in [1.82, 2.24) is 0 Å². The van der Waals surface area contributed by atoms with Gasteiger partial charge in [0.1, 0.15) is 0 Å². The molecule has 1 N–H and O–H groups in total. The van der Waals surface area contributed by atoms with Crippen molar-refractivity contribution in [3.8, 4) is 0 Å². The fourth-order valence-corrected chi connectivity index (χ4v) is 3.87. The fraction of sp³-hybridized carbons (Fsp3) is 0.588. The summed E-state index contributed by atoms with van der Waals surface area (Å²) in [5.41, 5.74) is 3.99. The van der Waals surface area contributed by atoms with Gasteiger partial charge in [0.25, 0.3) is 0 Å². The molecule has 1 atom stereocenters. The third kappa shape index (κ3) is 2.41. The third-order valence-corrected chi connectivity index (χ3v) is 4.84. The number of rotatable bonds is 4. The van der Waals surface area contributed by atoms with Crippen LogP contribution in [-0.2, 0) is 11.2 Å². The van der Waals surface area contributed by atoms with Crippen LogP contribution in [0.2, 0.25) is 0 Å². The smallest absolute Gasteiger partial charge is 0.303 e. The fourth-order valence-electron chi connectivity index (χ4n) is 3.87. The second kappa shape index (κ2) is 5.47. The average Bonchev–Trinajstić information content (AvgIpc) is 3.05. The lowest BCUT2D eigenvalue weighted by molar-refractivity contribution is -0.137. The van der Waals surface area contributed by atoms with Crippen LogP contribution in [0.5, 0.6) is 0 Å². The molecular weight excluding hydrogens is 250 g/mol. The summed E-state index contributed by atoms with van der Waals surface area (Å²) in [7, 11) is 0. The Labute approximate surface area is 120 Å². The van der Waals surface area contributed by atoms with Crippen molar-refractivity contribution in [2.45, 2.75) is 57.4 Å². The summed E-state index contributed by atoms with van der Waals surface area (Å²) in [6.45, 7) is 3.14. The number of benzene rings is 1. The highest BCUT2D eigenvalue weighted by atomic mass is 16.4. The van der Waals surface area contributed by atoms with Gasteiger partial charge in [0, 0.05) is 18.3 Å². The first-order valence-corrected chi connectivity index (χ1v) is 7.77. The minimum atomic E-state index is -0.708. The van der Waals surface area contributed by atoms with Crippen molar-refractivity contribution in [2.75, 3.05) is 11.4 Å². The van der Waals surface area contributed by atoms with E-state index in [1.807, 2.05) is 6.92 Å². The molecule has 108 valence electrons.